The molecule has 0 spiro atoms. The number of nitrogens with one attached hydrogen (secondary N) is 1. The molecule has 0 unspecified atom stereocenters. The molecule has 0 aromatic heterocycles. The van der Waals surface area contributed by atoms with E-state index in [9.17, 15) is 14.7 Å². The molecule has 0 radical (unpaired) electrons. The van der Waals surface area contributed by atoms with Gasteiger partial charge in [-0.25, -0.2) is 4.79 Å². The summed E-state index contributed by atoms with van der Waals surface area (Å²) in [6.07, 6.45) is 9.08. The van der Waals surface area contributed by atoms with Crippen LogP contribution in [0.25, 0.3) is 0 Å². The second-order valence-corrected chi connectivity index (χ2v) is 8.06. The Labute approximate surface area is 167 Å². The number of ether oxygens (including phenoxy) is 1. The van der Waals surface area contributed by atoms with Gasteiger partial charge < -0.3 is 15.2 Å². The summed E-state index contributed by atoms with van der Waals surface area (Å²) in [5.41, 5.74) is 1.19. The van der Waals surface area contributed by atoms with Gasteiger partial charge in [0, 0.05) is 25.2 Å². The molecule has 1 fully saturated rings. The Morgan fingerprint density at radius 1 is 1.11 bits per heavy atom. The highest BCUT2D eigenvalue weighted by Gasteiger charge is 2.21. The molecule has 1 amide bonds. The summed E-state index contributed by atoms with van der Waals surface area (Å²) in [5.74, 6) is 0.375. The van der Waals surface area contributed by atoms with Crippen molar-refractivity contribution in [1.82, 2.24) is 10.2 Å². The molecule has 2 aliphatic rings. The van der Waals surface area contributed by atoms with Crippen molar-refractivity contribution in [1.29, 1.82) is 0 Å². The lowest BCUT2D eigenvalue weighted by atomic mass is 9.89. The third-order valence-electron chi connectivity index (χ3n) is 5.72. The smallest absolute Gasteiger partial charge is 0.335 e. The summed E-state index contributed by atoms with van der Waals surface area (Å²) < 4.78 is 5.96. The van der Waals surface area contributed by atoms with E-state index in [-0.39, 0.29) is 11.5 Å². The lowest BCUT2D eigenvalue weighted by Crippen LogP contribution is -2.40. The number of fused-ring (bicyclic) bond motifs is 1. The second-order valence-electron chi connectivity index (χ2n) is 8.06. The van der Waals surface area contributed by atoms with E-state index in [4.69, 9.17) is 4.74 Å². The van der Waals surface area contributed by atoms with Crippen molar-refractivity contribution in [3.63, 3.8) is 0 Å². The van der Waals surface area contributed by atoms with E-state index >= 15 is 0 Å². The number of benzene rings is 1. The molecule has 1 aromatic carbocycles. The van der Waals surface area contributed by atoms with Crippen molar-refractivity contribution in [2.45, 2.75) is 57.9 Å². The molecule has 6 heteroatoms. The van der Waals surface area contributed by atoms with Gasteiger partial charge in [0.25, 0.3) is 0 Å². The van der Waals surface area contributed by atoms with E-state index in [2.05, 4.69) is 10.2 Å². The lowest BCUT2D eigenvalue weighted by Gasteiger charge is -2.30. The lowest BCUT2D eigenvalue weighted by molar-refractivity contribution is -0.122. The minimum atomic E-state index is -0.951. The molecule has 1 saturated carbocycles. The number of rotatable bonds is 3. The maximum atomic E-state index is 12.4. The predicted molar refractivity (Wildman–Crippen MR) is 108 cm³/mol. The largest absolute Gasteiger partial charge is 0.493 e. The predicted octanol–water partition coefficient (Wildman–Crippen LogP) is 3.45. The quantitative estimate of drug-likeness (QED) is 0.829. The van der Waals surface area contributed by atoms with Gasteiger partial charge in [0.15, 0.2) is 0 Å². The summed E-state index contributed by atoms with van der Waals surface area (Å²) in [6, 6.07) is 5.09. The zero-order valence-electron chi connectivity index (χ0n) is 16.6. The van der Waals surface area contributed by atoms with Crippen LogP contribution in [0.2, 0.25) is 0 Å². The third-order valence-corrected chi connectivity index (χ3v) is 5.72. The summed E-state index contributed by atoms with van der Waals surface area (Å²) in [6.45, 7) is 3.13. The Hall–Kier alpha value is -2.08. The number of carboxylic acids is 1. The highest BCUT2D eigenvalue weighted by Crippen LogP contribution is 2.27. The minimum absolute atomic E-state index is 0.0691. The number of aromatic carboxylic acids is 1. The van der Waals surface area contributed by atoms with Crippen molar-refractivity contribution < 1.29 is 19.4 Å². The van der Waals surface area contributed by atoms with E-state index in [1.54, 1.807) is 12.1 Å². The first-order valence-electron chi connectivity index (χ1n) is 10.6. The van der Waals surface area contributed by atoms with Crippen LogP contribution in [0.4, 0.5) is 0 Å². The maximum Gasteiger partial charge on any atom is 0.335 e. The van der Waals surface area contributed by atoms with Crippen molar-refractivity contribution in [3.05, 3.63) is 29.3 Å². The Balaban J connectivity index is 1.80. The van der Waals surface area contributed by atoms with Crippen LogP contribution >= 0.6 is 0 Å². The molecule has 0 saturated heterocycles. The first-order chi connectivity index (χ1) is 13.6. The average Bonchev–Trinajstić information content (AvgIpc) is 2.69. The average molecular weight is 389 g/mol. The topological polar surface area (TPSA) is 78.9 Å². The minimum Gasteiger partial charge on any atom is -0.493 e. The number of hydrogen-bond donors (Lipinski definition) is 2. The maximum absolute atomic E-state index is 12.4. The van der Waals surface area contributed by atoms with E-state index in [1.807, 2.05) is 6.07 Å². The van der Waals surface area contributed by atoms with E-state index in [1.165, 1.54) is 32.1 Å². The summed E-state index contributed by atoms with van der Waals surface area (Å²) in [5, 5.41) is 12.4. The molecule has 6 nitrogen and oxygen atoms in total. The summed E-state index contributed by atoms with van der Waals surface area (Å²) >= 11 is 0. The number of nitrogens with zero attached hydrogens (tertiary/aromatic N) is 1. The van der Waals surface area contributed by atoms with E-state index in [0.29, 0.717) is 37.9 Å². The molecule has 0 atom stereocenters. The van der Waals surface area contributed by atoms with Gasteiger partial charge in [-0.3, -0.25) is 9.69 Å². The van der Waals surface area contributed by atoms with Gasteiger partial charge in [-0.15, -0.1) is 0 Å². The van der Waals surface area contributed by atoms with E-state index < -0.39 is 5.97 Å². The Kier molecular flexibility index (Phi) is 7.71. The standard InChI is InChI=1S/C22H32N2O4/c25-21-16-24(14-17-7-3-1-4-8-17)15-19-10-9-18(22(26)27)13-20(19)28-12-6-2-5-11-23-21/h9-10,13,17H,1-8,11-12,14-16H2,(H,23,25)(H,26,27). The fourth-order valence-corrected chi connectivity index (χ4v) is 4.19. The van der Waals surface area contributed by atoms with Gasteiger partial charge in [-0.05, 0) is 50.2 Å². The number of amides is 1. The molecular weight excluding hydrogens is 356 g/mol. The second kappa shape index (κ2) is 10.5. The molecule has 2 N–H and O–H groups in total. The molecule has 1 aliphatic heterocycles. The molecular formula is C22H32N2O4. The van der Waals surface area contributed by atoms with Gasteiger partial charge >= 0.3 is 5.97 Å². The summed E-state index contributed by atoms with van der Waals surface area (Å²) in [7, 11) is 0. The molecule has 1 aromatic rings. The number of carbonyl (C=O) groups excluding carboxylic acids is 1. The molecule has 28 heavy (non-hydrogen) atoms. The normalized spacial score (nSPS) is 20.6. The molecule has 1 aliphatic carbocycles. The number of carbonyl (C=O) groups is 2. The fraction of sp³-hybridized carbons (Fsp3) is 0.636. The van der Waals surface area contributed by atoms with Gasteiger partial charge in [0.2, 0.25) is 5.91 Å². The van der Waals surface area contributed by atoms with Crippen LogP contribution in [0.15, 0.2) is 18.2 Å². The first kappa shape index (κ1) is 20.6. The Bertz CT molecular complexity index is 671. The van der Waals surface area contributed by atoms with Gasteiger partial charge in [-0.1, -0.05) is 25.3 Å². The van der Waals surface area contributed by atoms with Gasteiger partial charge in [0.1, 0.15) is 5.75 Å². The summed E-state index contributed by atoms with van der Waals surface area (Å²) in [4.78, 5) is 26.0. The molecule has 0 bridgehead atoms. The highest BCUT2D eigenvalue weighted by atomic mass is 16.5. The SMILES string of the molecule is O=C1CN(CC2CCCCC2)Cc2ccc(C(=O)O)cc2OCCCCCN1. The zero-order chi connectivity index (χ0) is 19.8. The van der Waals surface area contributed by atoms with Gasteiger partial charge in [-0.2, -0.15) is 0 Å². The van der Waals surface area contributed by atoms with Crippen LogP contribution in [0.3, 0.4) is 0 Å². The number of hydrogen-bond acceptors (Lipinski definition) is 4. The van der Waals surface area contributed by atoms with Crippen LogP contribution in [0.1, 0.15) is 67.3 Å². The van der Waals surface area contributed by atoms with Crippen LogP contribution in [-0.4, -0.2) is 48.1 Å². The van der Waals surface area contributed by atoms with Crippen LogP contribution in [0.5, 0.6) is 5.75 Å². The Morgan fingerprint density at radius 3 is 2.68 bits per heavy atom. The zero-order valence-corrected chi connectivity index (χ0v) is 16.6. The van der Waals surface area contributed by atoms with Crippen molar-refractivity contribution in [2.24, 2.45) is 5.92 Å². The molecule has 3 rings (SSSR count). The van der Waals surface area contributed by atoms with Crippen molar-refractivity contribution in [3.8, 4) is 5.75 Å². The van der Waals surface area contributed by atoms with Crippen LogP contribution in [0, 0.1) is 5.92 Å². The third kappa shape index (κ3) is 6.23. The van der Waals surface area contributed by atoms with Crippen molar-refractivity contribution in [2.75, 3.05) is 26.2 Å². The van der Waals surface area contributed by atoms with Crippen molar-refractivity contribution >= 4 is 11.9 Å². The fourth-order valence-electron chi connectivity index (χ4n) is 4.19. The first-order valence-corrected chi connectivity index (χ1v) is 10.6. The number of carboxylic acid groups (broad SMARTS) is 1. The van der Waals surface area contributed by atoms with E-state index in [0.717, 1.165) is 31.4 Å². The van der Waals surface area contributed by atoms with Crippen LogP contribution in [-0.2, 0) is 11.3 Å². The monoisotopic (exact) mass is 388 g/mol. The molecule has 154 valence electrons. The molecule has 1 heterocycles. The highest BCUT2D eigenvalue weighted by molar-refractivity contribution is 5.88. The van der Waals surface area contributed by atoms with Gasteiger partial charge in [0.05, 0.1) is 18.7 Å². The van der Waals surface area contributed by atoms with Crippen LogP contribution < -0.4 is 10.1 Å². The Morgan fingerprint density at radius 2 is 1.89 bits per heavy atom.